The van der Waals surface area contributed by atoms with E-state index in [2.05, 4.69) is 5.18 Å². The standard InChI is InChI=1S/C9H17NO/c11-10-8-3-1-2-5-9-6-4-7-9/h9H,1-8H2. The van der Waals surface area contributed by atoms with Crippen LogP contribution in [0.25, 0.3) is 0 Å². The Morgan fingerprint density at radius 2 is 2.00 bits per heavy atom. The van der Waals surface area contributed by atoms with Gasteiger partial charge >= 0.3 is 0 Å². The predicted octanol–water partition coefficient (Wildman–Crippen LogP) is 3.11. The number of nitroso groups, excluding NO2 is 1. The van der Waals surface area contributed by atoms with Crippen LogP contribution in [0.4, 0.5) is 0 Å². The van der Waals surface area contributed by atoms with Gasteiger partial charge in [-0.15, -0.1) is 0 Å². The first kappa shape index (κ1) is 8.69. The van der Waals surface area contributed by atoms with Gasteiger partial charge in [0.15, 0.2) is 0 Å². The third kappa shape index (κ3) is 3.49. The van der Waals surface area contributed by atoms with Gasteiger partial charge in [0.2, 0.25) is 0 Å². The van der Waals surface area contributed by atoms with E-state index in [4.69, 9.17) is 0 Å². The highest BCUT2D eigenvalue weighted by Crippen LogP contribution is 2.30. The molecule has 0 heterocycles. The van der Waals surface area contributed by atoms with Crippen LogP contribution in [0.3, 0.4) is 0 Å². The SMILES string of the molecule is O=NCCCCCC1CCC1. The van der Waals surface area contributed by atoms with Crippen molar-refractivity contribution in [1.29, 1.82) is 0 Å². The first-order chi connectivity index (χ1) is 5.43. The van der Waals surface area contributed by atoms with Gasteiger partial charge in [0.25, 0.3) is 0 Å². The van der Waals surface area contributed by atoms with Crippen molar-refractivity contribution < 1.29 is 0 Å². The van der Waals surface area contributed by atoms with Crippen molar-refractivity contribution in [2.45, 2.75) is 44.9 Å². The maximum atomic E-state index is 9.72. The monoisotopic (exact) mass is 155 g/mol. The zero-order chi connectivity index (χ0) is 7.94. The van der Waals surface area contributed by atoms with Crippen molar-refractivity contribution in [2.24, 2.45) is 11.1 Å². The van der Waals surface area contributed by atoms with Crippen molar-refractivity contribution in [1.82, 2.24) is 0 Å². The summed E-state index contributed by atoms with van der Waals surface area (Å²) in [5, 5.41) is 2.84. The molecule has 1 aliphatic rings. The molecule has 0 radical (unpaired) electrons. The highest BCUT2D eigenvalue weighted by atomic mass is 16.3. The molecule has 0 N–H and O–H groups in total. The summed E-state index contributed by atoms with van der Waals surface area (Å²) in [6.07, 6.45) is 9.23. The molecule has 1 rings (SSSR count). The highest BCUT2D eigenvalue weighted by molar-refractivity contribution is 4.69. The van der Waals surface area contributed by atoms with Crippen molar-refractivity contribution in [2.75, 3.05) is 6.54 Å². The highest BCUT2D eigenvalue weighted by Gasteiger charge is 2.15. The molecule has 0 bridgehead atoms. The summed E-state index contributed by atoms with van der Waals surface area (Å²) >= 11 is 0. The minimum atomic E-state index is 0.519. The van der Waals surface area contributed by atoms with Gasteiger partial charge in [-0.1, -0.05) is 43.7 Å². The smallest absolute Gasteiger partial charge is 0.0811 e. The Morgan fingerprint density at radius 1 is 1.18 bits per heavy atom. The van der Waals surface area contributed by atoms with Crippen LogP contribution in [-0.4, -0.2) is 6.54 Å². The van der Waals surface area contributed by atoms with Gasteiger partial charge in [-0.3, -0.25) is 0 Å². The number of unbranched alkanes of at least 4 members (excludes halogenated alkanes) is 2. The Morgan fingerprint density at radius 3 is 2.55 bits per heavy atom. The maximum absolute atomic E-state index is 9.72. The molecular formula is C9H17NO. The van der Waals surface area contributed by atoms with Crippen LogP contribution in [0.15, 0.2) is 5.18 Å². The second-order valence-electron chi connectivity index (χ2n) is 3.50. The molecule has 11 heavy (non-hydrogen) atoms. The molecule has 0 aromatic rings. The second-order valence-corrected chi connectivity index (χ2v) is 3.50. The number of rotatable bonds is 6. The first-order valence-corrected chi connectivity index (χ1v) is 4.72. The minimum absolute atomic E-state index is 0.519. The zero-order valence-corrected chi connectivity index (χ0v) is 7.09. The molecule has 0 aromatic carbocycles. The molecule has 0 aliphatic heterocycles. The Hall–Kier alpha value is -0.400. The van der Waals surface area contributed by atoms with E-state index in [0.29, 0.717) is 6.54 Å². The lowest BCUT2D eigenvalue weighted by atomic mass is 9.82. The van der Waals surface area contributed by atoms with E-state index >= 15 is 0 Å². The fourth-order valence-electron chi connectivity index (χ4n) is 1.57. The van der Waals surface area contributed by atoms with Gasteiger partial charge in [-0.25, -0.2) is 0 Å². The lowest BCUT2D eigenvalue weighted by Crippen LogP contribution is -2.10. The third-order valence-corrected chi connectivity index (χ3v) is 2.59. The normalized spacial score (nSPS) is 17.8. The topological polar surface area (TPSA) is 29.4 Å². The van der Waals surface area contributed by atoms with Gasteiger partial charge in [0, 0.05) is 0 Å². The van der Waals surface area contributed by atoms with Gasteiger partial charge in [0.1, 0.15) is 0 Å². The van der Waals surface area contributed by atoms with Gasteiger partial charge < -0.3 is 0 Å². The van der Waals surface area contributed by atoms with Crippen LogP contribution in [0.1, 0.15) is 44.9 Å². The van der Waals surface area contributed by atoms with Gasteiger partial charge in [-0.2, -0.15) is 4.91 Å². The molecule has 2 heteroatoms. The van der Waals surface area contributed by atoms with Crippen LogP contribution in [0.2, 0.25) is 0 Å². The van der Waals surface area contributed by atoms with Crippen molar-refractivity contribution >= 4 is 0 Å². The van der Waals surface area contributed by atoms with E-state index < -0.39 is 0 Å². The summed E-state index contributed by atoms with van der Waals surface area (Å²) in [5.74, 6) is 1.03. The largest absolute Gasteiger partial charge is 0.151 e. The molecule has 2 nitrogen and oxygen atoms in total. The van der Waals surface area contributed by atoms with Crippen LogP contribution < -0.4 is 0 Å². The minimum Gasteiger partial charge on any atom is -0.151 e. The molecule has 1 saturated carbocycles. The van der Waals surface area contributed by atoms with Crippen LogP contribution in [0, 0.1) is 10.8 Å². The molecule has 0 atom stereocenters. The molecule has 1 fully saturated rings. The van der Waals surface area contributed by atoms with Crippen LogP contribution in [-0.2, 0) is 0 Å². The summed E-state index contributed by atoms with van der Waals surface area (Å²) in [6.45, 7) is 0.519. The Kier molecular flexibility index (Phi) is 4.17. The number of nitrogens with zero attached hydrogens (tertiary/aromatic N) is 1. The Bertz CT molecular complexity index is 110. The van der Waals surface area contributed by atoms with E-state index in [1.807, 2.05) is 0 Å². The average Bonchev–Trinajstić information content (AvgIpc) is 1.93. The lowest BCUT2D eigenvalue weighted by Gasteiger charge is -2.24. The second kappa shape index (κ2) is 5.28. The molecule has 1 aliphatic carbocycles. The Labute approximate surface area is 68.3 Å². The molecule has 0 amide bonds. The van der Waals surface area contributed by atoms with E-state index in [9.17, 15) is 4.91 Å². The van der Waals surface area contributed by atoms with Crippen molar-refractivity contribution in [3.63, 3.8) is 0 Å². The quantitative estimate of drug-likeness (QED) is 0.428. The van der Waals surface area contributed by atoms with Gasteiger partial charge in [-0.05, 0) is 12.3 Å². The summed E-state index contributed by atoms with van der Waals surface area (Å²) in [7, 11) is 0. The van der Waals surface area contributed by atoms with Crippen molar-refractivity contribution in [3.05, 3.63) is 4.91 Å². The Balaban J connectivity index is 1.76. The maximum Gasteiger partial charge on any atom is 0.0811 e. The van der Waals surface area contributed by atoms with E-state index in [-0.39, 0.29) is 0 Å². The number of hydrogen-bond acceptors (Lipinski definition) is 2. The van der Waals surface area contributed by atoms with Gasteiger partial charge in [0.05, 0.1) is 6.54 Å². The van der Waals surface area contributed by atoms with E-state index in [1.54, 1.807) is 0 Å². The van der Waals surface area contributed by atoms with Crippen molar-refractivity contribution in [3.8, 4) is 0 Å². The fraction of sp³-hybridized carbons (Fsp3) is 1.00. The van der Waals surface area contributed by atoms with Crippen LogP contribution in [0.5, 0.6) is 0 Å². The van der Waals surface area contributed by atoms with Crippen LogP contribution >= 0.6 is 0 Å². The molecular weight excluding hydrogens is 138 g/mol. The third-order valence-electron chi connectivity index (χ3n) is 2.59. The molecule has 0 aromatic heterocycles. The number of hydrogen-bond donors (Lipinski definition) is 0. The summed E-state index contributed by atoms with van der Waals surface area (Å²) in [4.78, 5) is 9.72. The lowest BCUT2D eigenvalue weighted by molar-refractivity contribution is 0.287. The van der Waals surface area contributed by atoms with E-state index in [1.165, 1.54) is 38.5 Å². The molecule has 0 spiro atoms. The summed E-state index contributed by atoms with van der Waals surface area (Å²) < 4.78 is 0. The van der Waals surface area contributed by atoms with E-state index in [0.717, 1.165) is 12.3 Å². The summed E-state index contributed by atoms with van der Waals surface area (Å²) in [5.41, 5.74) is 0. The average molecular weight is 155 g/mol. The predicted molar refractivity (Wildman–Crippen MR) is 46.5 cm³/mol. The fourth-order valence-corrected chi connectivity index (χ4v) is 1.57. The molecule has 0 unspecified atom stereocenters. The molecule has 64 valence electrons. The zero-order valence-electron chi connectivity index (χ0n) is 7.09. The molecule has 0 saturated heterocycles. The summed E-state index contributed by atoms with van der Waals surface area (Å²) in [6, 6.07) is 0. The first-order valence-electron chi connectivity index (χ1n) is 4.72.